The zero-order valence-corrected chi connectivity index (χ0v) is 14.5. The molecular formula is C17H14O8S. The summed E-state index contributed by atoms with van der Waals surface area (Å²) >= 11 is 0. The molecule has 0 amide bonds. The second kappa shape index (κ2) is 6.36. The summed E-state index contributed by atoms with van der Waals surface area (Å²) in [6, 6.07) is 8.52. The average molecular weight is 378 g/mol. The molecule has 0 atom stereocenters. The molecule has 1 aromatic heterocycles. The fraction of sp³-hybridized carbons (Fsp3) is 0.118. The number of hydrogen-bond donors (Lipinski definition) is 2. The second-order valence-corrected chi connectivity index (χ2v) is 6.67. The largest absolute Gasteiger partial charge is 0.507 e. The Hall–Kier alpha value is -3.04. The summed E-state index contributed by atoms with van der Waals surface area (Å²) in [7, 11) is -2.15. The standard InChI is InChI=1S/C17H14O8S/c1-23-10-5-3-9(4-6-10)13-7-11(18)15-12(19)8-14(24-2)17(16(15)25-13)26(20,21)22/h3-8,19H,1-2H3,(H,20,21,22). The molecule has 3 rings (SSSR count). The van der Waals surface area contributed by atoms with Crippen molar-refractivity contribution in [1.29, 1.82) is 0 Å². The molecule has 2 N–H and O–H groups in total. The Morgan fingerprint density at radius 1 is 1.04 bits per heavy atom. The molecule has 0 bridgehead atoms. The predicted octanol–water partition coefficient (Wildman–Crippen LogP) is 2.43. The molecule has 3 aromatic rings. The van der Waals surface area contributed by atoms with Crippen LogP contribution in [0.4, 0.5) is 0 Å². The van der Waals surface area contributed by atoms with E-state index in [9.17, 15) is 22.9 Å². The van der Waals surface area contributed by atoms with Gasteiger partial charge in [0.1, 0.15) is 28.4 Å². The smallest absolute Gasteiger partial charge is 0.302 e. The van der Waals surface area contributed by atoms with Crippen LogP contribution >= 0.6 is 0 Å². The Bertz CT molecular complexity index is 1140. The van der Waals surface area contributed by atoms with E-state index in [2.05, 4.69) is 0 Å². The van der Waals surface area contributed by atoms with Crippen molar-refractivity contribution in [3.8, 4) is 28.6 Å². The molecule has 8 nitrogen and oxygen atoms in total. The van der Waals surface area contributed by atoms with Gasteiger partial charge in [0.15, 0.2) is 15.9 Å². The number of fused-ring (bicyclic) bond motifs is 1. The maximum absolute atomic E-state index is 12.4. The van der Waals surface area contributed by atoms with Gasteiger partial charge in [-0.15, -0.1) is 0 Å². The third kappa shape index (κ3) is 2.98. The first kappa shape index (κ1) is 17.8. The van der Waals surface area contributed by atoms with E-state index in [0.29, 0.717) is 11.3 Å². The molecule has 0 aliphatic carbocycles. The zero-order chi connectivity index (χ0) is 19.1. The minimum absolute atomic E-state index is 0.0442. The van der Waals surface area contributed by atoms with Gasteiger partial charge in [-0.05, 0) is 24.3 Å². The molecular weight excluding hydrogens is 364 g/mol. The van der Waals surface area contributed by atoms with E-state index in [4.69, 9.17) is 13.9 Å². The van der Waals surface area contributed by atoms with Crippen LogP contribution in [0.1, 0.15) is 0 Å². The molecule has 136 valence electrons. The lowest BCUT2D eigenvalue weighted by Gasteiger charge is -2.11. The minimum atomic E-state index is -4.80. The van der Waals surface area contributed by atoms with E-state index in [1.807, 2.05) is 0 Å². The van der Waals surface area contributed by atoms with Crippen LogP contribution in [0.15, 0.2) is 50.5 Å². The molecule has 1 heterocycles. The van der Waals surface area contributed by atoms with E-state index in [0.717, 1.165) is 19.2 Å². The maximum Gasteiger partial charge on any atom is 0.302 e. The van der Waals surface area contributed by atoms with Gasteiger partial charge >= 0.3 is 10.1 Å². The van der Waals surface area contributed by atoms with Crippen molar-refractivity contribution in [3.63, 3.8) is 0 Å². The SMILES string of the molecule is COc1ccc(-c2cc(=O)c3c(O)cc(OC)c(S(=O)(=O)O)c3o2)cc1. The van der Waals surface area contributed by atoms with Crippen molar-refractivity contribution in [2.24, 2.45) is 0 Å². The fourth-order valence-electron chi connectivity index (χ4n) is 2.56. The number of rotatable bonds is 4. The number of aromatic hydroxyl groups is 1. The minimum Gasteiger partial charge on any atom is -0.507 e. The van der Waals surface area contributed by atoms with Crippen LogP contribution in [0.2, 0.25) is 0 Å². The predicted molar refractivity (Wildman–Crippen MR) is 92.5 cm³/mol. The van der Waals surface area contributed by atoms with Crippen molar-refractivity contribution in [1.82, 2.24) is 0 Å². The molecule has 0 unspecified atom stereocenters. The lowest BCUT2D eigenvalue weighted by Crippen LogP contribution is -2.07. The molecule has 0 spiro atoms. The van der Waals surface area contributed by atoms with Crippen LogP contribution in [-0.2, 0) is 10.1 Å². The highest BCUT2D eigenvalue weighted by Gasteiger charge is 2.27. The quantitative estimate of drug-likeness (QED) is 0.664. The Labute approximate surface area is 148 Å². The summed E-state index contributed by atoms with van der Waals surface area (Å²) in [6.45, 7) is 0. The number of ether oxygens (including phenoxy) is 2. The summed E-state index contributed by atoms with van der Waals surface area (Å²) < 4.78 is 48.7. The van der Waals surface area contributed by atoms with Crippen LogP contribution in [0.3, 0.4) is 0 Å². The Morgan fingerprint density at radius 2 is 1.69 bits per heavy atom. The topological polar surface area (TPSA) is 123 Å². The van der Waals surface area contributed by atoms with Crippen molar-refractivity contribution in [3.05, 3.63) is 46.6 Å². The van der Waals surface area contributed by atoms with Crippen molar-refractivity contribution >= 4 is 21.1 Å². The summed E-state index contributed by atoms with van der Waals surface area (Å²) in [4.78, 5) is 11.7. The van der Waals surface area contributed by atoms with Crippen LogP contribution in [0.5, 0.6) is 17.2 Å². The number of phenolic OH excluding ortho intramolecular Hbond substituents is 1. The van der Waals surface area contributed by atoms with Crippen LogP contribution < -0.4 is 14.9 Å². The highest BCUT2D eigenvalue weighted by atomic mass is 32.2. The lowest BCUT2D eigenvalue weighted by atomic mass is 10.1. The Kier molecular flexibility index (Phi) is 4.34. The first-order valence-corrected chi connectivity index (χ1v) is 8.70. The summed E-state index contributed by atoms with van der Waals surface area (Å²) in [5.74, 6) is -0.260. The van der Waals surface area contributed by atoms with E-state index in [-0.39, 0.29) is 16.9 Å². The zero-order valence-electron chi connectivity index (χ0n) is 13.7. The van der Waals surface area contributed by atoms with Crippen molar-refractivity contribution < 1.29 is 32.0 Å². The molecule has 0 radical (unpaired) electrons. The van der Waals surface area contributed by atoms with Crippen LogP contribution in [-0.4, -0.2) is 32.3 Å². The highest BCUT2D eigenvalue weighted by Crippen LogP contribution is 2.38. The Morgan fingerprint density at radius 3 is 2.23 bits per heavy atom. The molecule has 0 saturated heterocycles. The summed E-state index contributed by atoms with van der Waals surface area (Å²) in [5.41, 5.74) is -0.710. The highest BCUT2D eigenvalue weighted by molar-refractivity contribution is 7.86. The van der Waals surface area contributed by atoms with Gasteiger partial charge in [-0.3, -0.25) is 9.35 Å². The van der Waals surface area contributed by atoms with Gasteiger partial charge in [0.05, 0.1) is 14.2 Å². The number of hydrogen-bond acceptors (Lipinski definition) is 7. The van der Waals surface area contributed by atoms with Gasteiger partial charge in [0, 0.05) is 17.7 Å². The average Bonchev–Trinajstić information content (AvgIpc) is 2.59. The molecule has 9 heteroatoms. The van der Waals surface area contributed by atoms with Gasteiger partial charge < -0.3 is 19.0 Å². The second-order valence-electron chi connectivity index (χ2n) is 5.31. The van der Waals surface area contributed by atoms with Gasteiger partial charge in [-0.25, -0.2) is 0 Å². The molecule has 0 aliphatic rings. The molecule has 0 aliphatic heterocycles. The van der Waals surface area contributed by atoms with Crippen LogP contribution in [0.25, 0.3) is 22.3 Å². The number of phenols is 1. The van der Waals surface area contributed by atoms with E-state index in [1.165, 1.54) is 7.11 Å². The Balaban J connectivity index is 2.41. The molecule has 2 aromatic carbocycles. The number of benzene rings is 2. The van der Waals surface area contributed by atoms with E-state index < -0.39 is 31.8 Å². The van der Waals surface area contributed by atoms with Gasteiger partial charge in [0.25, 0.3) is 0 Å². The third-order valence-electron chi connectivity index (χ3n) is 3.75. The number of methoxy groups -OCH3 is 2. The molecule has 26 heavy (non-hydrogen) atoms. The first-order valence-electron chi connectivity index (χ1n) is 7.26. The van der Waals surface area contributed by atoms with Crippen molar-refractivity contribution in [2.75, 3.05) is 14.2 Å². The maximum atomic E-state index is 12.4. The first-order chi connectivity index (χ1) is 12.3. The third-order valence-corrected chi connectivity index (χ3v) is 4.66. The normalized spacial score (nSPS) is 11.5. The molecule has 0 saturated carbocycles. The van der Waals surface area contributed by atoms with Crippen molar-refractivity contribution in [2.45, 2.75) is 4.90 Å². The summed E-state index contributed by atoms with van der Waals surface area (Å²) in [6.07, 6.45) is 0. The monoisotopic (exact) mass is 378 g/mol. The van der Waals surface area contributed by atoms with Gasteiger partial charge in [-0.1, -0.05) is 0 Å². The van der Waals surface area contributed by atoms with Gasteiger partial charge in [0.2, 0.25) is 0 Å². The fourth-order valence-corrected chi connectivity index (χ4v) is 3.34. The van der Waals surface area contributed by atoms with E-state index in [1.54, 1.807) is 24.3 Å². The van der Waals surface area contributed by atoms with Crippen LogP contribution in [0, 0.1) is 0 Å². The molecule has 0 fully saturated rings. The lowest BCUT2D eigenvalue weighted by molar-refractivity contribution is 0.391. The van der Waals surface area contributed by atoms with E-state index >= 15 is 0 Å². The van der Waals surface area contributed by atoms with Gasteiger partial charge in [-0.2, -0.15) is 8.42 Å². The summed E-state index contributed by atoms with van der Waals surface area (Å²) in [5, 5.41) is 9.67.